The van der Waals surface area contributed by atoms with E-state index in [1.54, 1.807) is 19.2 Å². The zero-order valence-electron chi connectivity index (χ0n) is 14.2. The third-order valence-electron chi connectivity index (χ3n) is 3.76. The van der Waals surface area contributed by atoms with Crippen LogP contribution < -0.4 is 14.8 Å². The summed E-state index contributed by atoms with van der Waals surface area (Å²) in [5.41, 5.74) is 1.18. The number of hydrogen-bond donors (Lipinski definition) is 1. The SMILES string of the molecule is COc1cc(OC)c(NC(=O)N(C)Cc2c(Cl)nc3sccn23)cc1Cl. The zero-order chi connectivity index (χ0) is 18.8. The molecule has 10 heteroatoms. The van der Waals surface area contributed by atoms with E-state index >= 15 is 0 Å². The molecule has 1 N–H and O–H groups in total. The zero-order valence-corrected chi connectivity index (χ0v) is 16.6. The number of rotatable bonds is 5. The van der Waals surface area contributed by atoms with Gasteiger partial charge in [-0.3, -0.25) is 4.40 Å². The largest absolute Gasteiger partial charge is 0.495 e. The first-order chi connectivity index (χ1) is 12.4. The van der Waals surface area contributed by atoms with Gasteiger partial charge in [-0.1, -0.05) is 23.2 Å². The summed E-state index contributed by atoms with van der Waals surface area (Å²) in [7, 11) is 4.67. The maximum atomic E-state index is 12.6. The molecular formula is C16H16Cl2N4O3S. The number of carbonyl (C=O) groups excluding carboxylic acids is 1. The number of thiazole rings is 1. The summed E-state index contributed by atoms with van der Waals surface area (Å²) in [5, 5.41) is 5.43. The Kier molecular flexibility index (Phi) is 5.45. The second kappa shape index (κ2) is 7.61. The molecular weight excluding hydrogens is 399 g/mol. The molecule has 3 rings (SSSR count). The lowest BCUT2D eigenvalue weighted by Crippen LogP contribution is -2.31. The normalized spacial score (nSPS) is 10.8. The minimum atomic E-state index is -0.342. The molecule has 0 unspecified atom stereocenters. The standard InChI is InChI=1S/C16H16Cl2N4O3S/c1-21(8-11-14(18)20-16-22(11)4-5-26-16)15(23)19-10-6-9(17)12(24-2)7-13(10)25-3/h4-7H,8H2,1-3H3,(H,19,23). The lowest BCUT2D eigenvalue weighted by atomic mass is 10.2. The molecule has 2 aromatic heterocycles. The van der Waals surface area contributed by atoms with Crippen molar-refractivity contribution >= 4 is 51.2 Å². The van der Waals surface area contributed by atoms with Gasteiger partial charge < -0.3 is 19.7 Å². The predicted octanol–water partition coefficient (Wildman–Crippen LogP) is 4.38. The molecule has 0 atom stereocenters. The summed E-state index contributed by atoms with van der Waals surface area (Å²) in [6, 6.07) is 2.85. The van der Waals surface area contributed by atoms with Crippen molar-refractivity contribution < 1.29 is 14.3 Å². The average molecular weight is 415 g/mol. The topological polar surface area (TPSA) is 68.1 Å². The van der Waals surface area contributed by atoms with Crippen LogP contribution in [0.2, 0.25) is 10.2 Å². The van der Waals surface area contributed by atoms with E-state index in [2.05, 4.69) is 10.3 Å². The summed E-state index contributed by atoms with van der Waals surface area (Å²) < 4.78 is 12.3. The van der Waals surface area contributed by atoms with Crippen LogP contribution in [-0.4, -0.2) is 41.6 Å². The number of nitrogens with one attached hydrogen (secondary N) is 1. The van der Waals surface area contributed by atoms with E-state index in [-0.39, 0.29) is 12.6 Å². The summed E-state index contributed by atoms with van der Waals surface area (Å²) >= 11 is 13.8. The first-order valence-corrected chi connectivity index (χ1v) is 9.11. The molecule has 3 aromatic rings. The highest BCUT2D eigenvalue weighted by Gasteiger charge is 2.18. The van der Waals surface area contributed by atoms with Crippen LogP contribution >= 0.6 is 34.5 Å². The van der Waals surface area contributed by atoms with E-state index < -0.39 is 0 Å². The Hall–Kier alpha value is -2.16. The van der Waals surface area contributed by atoms with E-state index in [4.69, 9.17) is 32.7 Å². The molecule has 1 aromatic carbocycles. The number of carbonyl (C=O) groups is 1. The van der Waals surface area contributed by atoms with Crippen molar-refractivity contribution in [1.82, 2.24) is 14.3 Å². The van der Waals surface area contributed by atoms with Crippen LogP contribution in [0.4, 0.5) is 10.5 Å². The van der Waals surface area contributed by atoms with Crippen molar-refractivity contribution in [3.63, 3.8) is 0 Å². The summed E-state index contributed by atoms with van der Waals surface area (Å²) in [5.74, 6) is 0.899. The van der Waals surface area contributed by atoms with Gasteiger partial charge in [0.25, 0.3) is 0 Å². The number of halogens is 2. The van der Waals surface area contributed by atoms with Gasteiger partial charge in [0.05, 0.1) is 37.2 Å². The first kappa shape index (κ1) is 18.6. The quantitative estimate of drug-likeness (QED) is 0.672. The van der Waals surface area contributed by atoms with E-state index in [1.165, 1.54) is 30.5 Å². The summed E-state index contributed by atoms with van der Waals surface area (Å²) in [6.45, 7) is 0.286. The van der Waals surface area contributed by atoms with Crippen molar-refractivity contribution in [2.24, 2.45) is 0 Å². The highest BCUT2D eigenvalue weighted by Crippen LogP contribution is 2.36. The average Bonchev–Trinajstić information content (AvgIpc) is 3.17. The Bertz CT molecular complexity index is 957. The molecule has 0 aliphatic carbocycles. The number of methoxy groups -OCH3 is 2. The minimum absolute atomic E-state index is 0.286. The minimum Gasteiger partial charge on any atom is -0.495 e. The Morgan fingerprint density at radius 2 is 2.04 bits per heavy atom. The van der Waals surface area contributed by atoms with Gasteiger partial charge in [-0.05, 0) is 6.07 Å². The van der Waals surface area contributed by atoms with E-state index in [9.17, 15) is 4.79 Å². The van der Waals surface area contributed by atoms with Gasteiger partial charge in [0.2, 0.25) is 0 Å². The van der Waals surface area contributed by atoms with Crippen LogP contribution in [-0.2, 0) is 6.54 Å². The maximum Gasteiger partial charge on any atom is 0.322 e. The molecule has 0 bridgehead atoms. The maximum absolute atomic E-state index is 12.6. The predicted molar refractivity (Wildman–Crippen MR) is 103 cm³/mol. The lowest BCUT2D eigenvalue weighted by molar-refractivity contribution is 0.220. The molecule has 0 aliphatic heterocycles. The van der Waals surface area contributed by atoms with Crippen LogP contribution in [0.5, 0.6) is 11.5 Å². The second-order valence-electron chi connectivity index (χ2n) is 5.38. The van der Waals surface area contributed by atoms with Crippen molar-refractivity contribution in [2.75, 3.05) is 26.6 Å². The molecule has 2 heterocycles. The molecule has 0 fully saturated rings. The molecule has 0 aliphatic rings. The van der Waals surface area contributed by atoms with Gasteiger partial charge >= 0.3 is 6.03 Å². The monoisotopic (exact) mass is 414 g/mol. The van der Waals surface area contributed by atoms with Gasteiger partial charge in [0, 0.05) is 24.7 Å². The number of amides is 2. The number of aromatic nitrogens is 2. The number of fused-ring (bicyclic) bond motifs is 1. The summed E-state index contributed by atoms with van der Waals surface area (Å²) in [4.78, 5) is 19.1. The van der Waals surface area contributed by atoms with Gasteiger partial charge in [-0.2, -0.15) is 0 Å². The summed E-state index contributed by atoms with van der Waals surface area (Å²) in [6.07, 6.45) is 1.87. The second-order valence-corrected chi connectivity index (χ2v) is 7.02. The van der Waals surface area contributed by atoms with Crippen LogP contribution in [0.3, 0.4) is 0 Å². The van der Waals surface area contributed by atoms with Crippen molar-refractivity contribution in [1.29, 1.82) is 0 Å². The van der Waals surface area contributed by atoms with Crippen LogP contribution in [0, 0.1) is 0 Å². The van der Waals surface area contributed by atoms with Gasteiger partial charge in [0.15, 0.2) is 10.1 Å². The van der Waals surface area contributed by atoms with E-state index in [1.807, 2.05) is 16.0 Å². The number of urea groups is 1. The first-order valence-electron chi connectivity index (χ1n) is 7.48. The Labute approximate surface area is 164 Å². The van der Waals surface area contributed by atoms with Crippen LogP contribution in [0.25, 0.3) is 4.96 Å². The number of imidazole rings is 1. The van der Waals surface area contributed by atoms with Gasteiger partial charge in [0.1, 0.15) is 11.5 Å². The Morgan fingerprint density at radius 1 is 1.31 bits per heavy atom. The fourth-order valence-corrected chi connectivity index (χ4v) is 3.67. The molecule has 0 spiro atoms. The number of hydrogen-bond acceptors (Lipinski definition) is 5. The van der Waals surface area contributed by atoms with Crippen molar-refractivity contribution in [3.8, 4) is 11.5 Å². The highest BCUT2D eigenvalue weighted by molar-refractivity contribution is 7.15. The van der Waals surface area contributed by atoms with Gasteiger partial charge in [-0.25, -0.2) is 9.78 Å². The van der Waals surface area contributed by atoms with Crippen molar-refractivity contribution in [2.45, 2.75) is 6.54 Å². The number of anilines is 1. The molecule has 0 radical (unpaired) electrons. The smallest absolute Gasteiger partial charge is 0.322 e. The number of nitrogens with zero attached hydrogens (tertiary/aromatic N) is 3. The van der Waals surface area contributed by atoms with Crippen LogP contribution in [0.15, 0.2) is 23.7 Å². The molecule has 0 saturated carbocycles. The number of ether oxygens (including phenoxy) is 2. The van der Waals surface area contributed by atoms with Gasteiger partial charge in [-0.15, -0.1) is 11.3 Å². The third kappa shape index (κ3) is 3.53. The number of benzene rings is 1. The Balaban J connectivity index is 1.78. The van der Waals surface area contributed by atoms with E-state index in [0.717, 1.165) is 10.7 Å². The molecule has 7 nitrogen and oxygen atoms in total. The Morgan fingerprint density at radius 3 is 2.73 bits per heavy atom. The third-order valence-corrected chi connectivity index (χ3v) is 5.12. The molecule has 0 saturated heterocycles. The molecule has 138 valence electrons. The fourth-order valence-electron chi connectivity index (χ4n) is 2.41. The molecule has 26 heavy (non-hydrogen) atoms. The van der Waals surface area contributed by atoms with Crippen LogP contribution in [0.1, 0.15) is 5.69 Å². The molecule has 2 amide bonds. The lowest BCUT2D eigenvalue weighted by Gasteiger charge is -2.19. The van der Waals surface area contributed by atoms with Crippen molar-refractivity contribution in [3.05, 3.63) is 39.6 Å². The van der Waals surface area contributed by atoms with E-state index in [0.29, 0.717) is 27.4 Å². The fraction of sp³-hybridized carbons (Fsp3) is 0.250. The highest BCUT2D eigenvalue weighted by atomic mass is 35.5.